The van der Waals surface area contributed by atoms with Crippen LogP contribution in [-0.4, -0.2) is 24.8 Å². The minimum Gasteiger partial charge on any atom is -0.309 e. The van der Waals surface area contributed by atoms with Gasteiger partial charge in [-0.25, -0.2) is 4.98 Å². The van der Waals surface area contributed by atoms with Crippen molar-refractivity contribution < 1.29 is 9.72 Å². The molecule has 36 heavy (non-hydrogen) atoms. The molecule has 3 heterocycles. The quantitative estimate of drug-likeness (QED) is 0.176. The molecule has 0 unspecified atom stereocenters. The molecule has 4 rings (SSSR count). The molecule has 1 amide bonds. The van der Waals surface area contributed by atoms with Gasteiger partial charge in [0.25, 0.3) is 17.2 Å². The molecule has 0 bridgehead atoms. The minimum absolute atomic E-state index is 0.0435. The highest BCUT2D eigenvalue weighted by Crippen LogP contribution is 2.22. The summed E-state index contributed by atoms with van der Waals surface area (Å²) in [7, 11) is 0. The number of nitro groups is 1. The van der Waals surface area contributed by atoms with Crippen molar-refractivity contribution in [2.45, 2.75) is 46.6 Å². The predicted molar refractivity (Wildman–Crippen MR) is 134 cm³/mol. The number of nitrogens with zero attached hydrogens (tertiary/aromatic N) is 6. The highest BCUT2D eigenvalue weighted by molar-refractivity contribution is 5.97. The number of carbonyl (C=O) groups excluding carboxylic acids is 1. The number of unbranched alkanes of at least 4 members (excludes halogenated alkanes) is 2. The maximum absolute atomic E-state index is 13.3. The molecule has 0 spiro atoms. The van der Waals surface area contributed by atoms with Crippen LogP contribution in [0.2, 0.25) is 0 Å². The van der Waals surface area contributed by atoms with Crippen LogP contribution in [0.1, 0.15) is 53.2 Å². The third-order valence-corrected chi connectivity index (χ3v) is 6.15. The van der Waals surface area contributed by atoms with Crippen LogP contribution in [0.5, 0.6) is 0 Å². The fourth-order valence-electron chi connectivity index (χ4n) is 4.23. The summed E-state index contributed by atoms with van der Waals surface area (Å²) in [5.41, 5.74) is 1.44. The van der Waals surface area contributed by atoms with Crippen molar-refractivity contribution in [1.82, 2.24) is 14.0 Å². The van der Waals surface area contributed by atoms with E-state index in [-0.39, 0.29) is 38.8 Å². The second-order valence-electron chi connectivity index (χ2n) is 8.51. The Kier molecular flexibility index (Phi) is 6.74. The molecular formula is C26H24N6O4. The van der Waals surface area contributed by atoms with Crippen LogP contribution in [0.15, 0.2) is 52.4 Å². The second-order valence-corrected chi connectivity index (χ2v) is 8.51. The molecule has 0 saturated carbocycles. The van der Waals surface area contributed by atoms with Gasteiger partial charge in [-0.3, -0.25) is 24.1 Å². The van der Waals surface area contributed by atoms with E-state index in [9.17, 15) is 25.0 Å². The van der Waals surface area contributed by atoms with Crippen LogP contribution >= 0.6 is 0 Å². The Balaban J connectivity index is 2.07. The number of pyridine rings is 2. The molecule has 0 N–H and O–H groups in total. The number of benzene rings is 1. The lowest BCUT2D eigenvalue weighted by molar-refractivity contribution is -0.385. The zero-order chi connectivity index (χ0) is 26.0. The third kappa shape index (κ3) is 4.27. The fourth-order valence-corrected chi connectivity index (χ4v) is 4.23. The van der Waals surface area contributed by atoms with Crippen molar-refractivity contribution in [2.24, 2.45) is 4.99 Å². The van der Waals surface area contributed by atoms with E-state index in [0.717, 1.165) is 18.4 Å². The number of rotatable bonds is 6. The molecule has 10 heteroatoms. The molecule has 0 radical (unpaired) electrons. The van der Waals surface area contributed by atoms with Crippen LogP contribution in [0.4, 0.5) is 5.69 Å². The fraction of sp³-hybridized carbons (Fsp3) is 0.269. The van der Waals surface area contributed by atoms with Crippen molar-refractivity contribution in [3.05, 3.63) is 90.8 Å². The highest BCUT2D eigenvalue weighted by atomic mass is 16.6. The Labute approximate surface area is 205 Å². The predicted octanol–water partition coefficient (Wildman–Crippen LogP) is 3.98. The van der Waals surface area contributed by atoms with Crippen LogP contribution in [-0.2, 0) is 6.54 Å². The van der Waals surface area contributed by atoms with Gasteiger partial charge in [0.15, 0.2) is 5.49 Å². The first-order valence-electron chi connectivity index (χ1n) is 11.6. The van der Waals surface area contributed by atoms with E-state index in [1.165, 1.54) is 35.6 Å². The lowest BCUT2D eigenvalue weighted by atomic mass is 10.1. The molecule has 0 fully saturated rings. The summed E-state index contributed by atoms with van der Waals surface area (Å²) in [4.78, 5) is 46.3. The van der Waals surface area contributed by atoms with Gasteiger partial charge in [0.2, 0.25) is 0 Å². The molecule has 182 valence electrons. The number of hydrogen-bond donors (Lipinski definition) is 0. The number of aryl methyl sites for hydroxylation is 2. The van der Waals surface area contributed by atoms with Crippen molar-refractivity contribution in [3.63, 3.8) is 0 Å². The van der Waals surface area contributed by atoms with Crippen molar-refractivity contribution >= 4 is 28.3 Å². The summed E-state index contributed by atoms with van der Waals surface area (Å²) >= 11 is 0. The summed E-state index contributed by atoms with van der Waals surface area (Å²) in [6.07, 6.45) is 4.16. The van der Waals surface area contributed by atoms with Crippen LogP contribution < -0.4 is 11.0 Å². The van der Waals surface area contributed by atoms with E-state index in [4.69, 9.17) is 4.98 Å². The van der Waals surface area contributed by atoms with Gasteiger partial charge >= 0.3 is 0 Å². The third-order valence-electron chi connectivity index (χ3n) is 6.15. The molecule has 4 aromatic rings. The van der Waals surface area contributed by atoms with E-state index >= 15 is 0 Å². The Morgan fingerprint density at radius 1 is 1.19 bits per heavy atom. The maximum Gasteiger partial charge on any atom is 0.279 e. The highest BCUT2D eigenvalue weighted by Gasteiger charge is 2.20. The number of nitriles is 1. The number of fused-ring (bicyclic) bond motifs is 2. The molecule has 0 aliphatic heterocycles. The van der Waals surface area contributed by atoms with Gasteiger partial charge in [-0.1, -0.05) is 31.9 Å². The number of amides is 1. The molecule has 0 saturated heterocycles. The summed E-state index contributed by atoms with van der Waals surface area (Å²) in [6, 6.07) is 11.3. The SMILES string of the molecule is CCCCCn1c(=NC(=O)c2cccc([N+](=O)[O-])c2C)c(C#N)cc2c(=O)n3cccc(C)c3nc21. The van der Waals surface area contributed by atoms with Gasteiger partial charge in [-0.05, 0) is 44.0 Å². The second kappa shape index (κ2) is 9.92. The minimum atomic E-state index is -0.718. The van der Waals surface area contributed by atoms with Gasteiger partial charge in [0, 0.05) is 24.4 Å². The monoisotopic (exact) mass is 484 g/mol. The number of aromatic nitrogens is 3. The Morgan fingerprint density at radius 2 is 1.97 bits per heavy atom. The normalized spacial score (nSPS) is 11.7. The Morgan fingerprint density at radius 3 is 2.67 bits per heavy atom. The first-order valence-corrected chi connectivity index (χ1v) is 11.6. The van der Waals surface area contributed by atoms with Crippen molar-refractivity contribution in [2.75, 3.05) is 0 Å². The maximum atomic E-state index is 13.3. The van der Waals surface area contributed by atoms with E-state index in [2.05, 4.69) is 18.0 Å². The van der Waals surface area contributed by atoms with E-state index in [1.807, 2.05) is 13.0 Å². The van der Waals surface area contributed by atoms with E-state index in [0.29, 0.717) is 24.3 Å². The first-order chi connectivity index (χ1) is 17.3. The van der Waals surface area contributed by atoms with Gasteiger partial charge in [-0.2, -0.15) is 10.3 Å². The number of hydrogen-bond acceptors (Lipinski definition) is 6. The molecule has 3 aromatic heterocycles. The average molecular weight is 485 g/mol. The van der Waals surface area contributed by atoms with Crippen LogP contribution in [0.25, 0.3) is 16.7 Å². The Hall–Kier alpha value is -4.65. The molecule has 0 aliphatic rings. The first kappa shape index (κ1) is 24.5. The van der Waals surface area contributed by atoms with Crippen LogP contribution in [0.3, 0.4) is 0 Å². The van der Waals surface area contributed by atoms with Crippen molar-refractivity contribution in [1.29, 1.82) is 5.26 Å². The largest absolute Gasteiger partial charge is 0.309 e. The molecular weight excluding hydrogens is 460 g/mol. The topological polar surface area (TPSA) is 136 Å². The van der Waals surface area contributed by atoms with Crippen LogP contribution in [0, 0.1) is 35.3 Å². The van der Waals surface area contributed by atoms with E-state index < -0.39 is 10.8 Å². The lowest BCUT2D eigenvalue weighted by Gasteiger charge is -2.14. The van der Waals surface area contributed by atoms with Gasteiger partial charge in [0.1, 0.15) is 17.4 Å². The number of carbonyl (C=O) groups is 1. The summed E-state index contributed by atoms with van der Waals surface area (Å²) in [5, 5.41) is 21.5. The molecule has 1 aromatic carbocycles. The Bertz CT molecular complexity index is 1710. The standard InChI is InChI=1S/C26H24N6O4/c1-4-5-6-12-30-23(29-25(33)19-10-7-11-21(17(19)3)32(35)36)18(15-27)14-20-24(30)28-22-16(2)9-8-13-31(22)26(20)34/h7-11,13-14H,4-6,12H2,1-3H3. The molecule has 0 atom stereocenters. The van der Waals surface area contributed by atoms with Gasteiger partial charge in [0.05, 0.1) is 21.4 Å². The molecule has 0 aliphatic carbocycles. The van der Waals surface area contributed by atoms with Gasteiger partial charge in [-0.15, -0.1) is 0 Å². The van der Waals surface area contributed by atoms with Gasteiger partial charge < -0.3 is 4.57 Å². The smallest absolute Gasteiger partial charge is 0.279 e. The summed E-state index contributed by atoms with van der Waals surface area (Å²) in [6.45, 7) is 5.77. The summed E-state index contributed by atoms with van der Waals surface area (Å²) < 4.78 is 3.08. The van der Waals surface area contributed by atoms with Crippen molar-refractivity contribution in [3.8, 4) is 6.07 Å². The summed E-state index contributed by atoms with van der Waals surface area (Å²) in [5.74, 6) is -0.718. The average Bonchev–Trinajstić information content (AvgIpc) is 2.85. The number of nitro benzene ring substituents is 1. The lowest BCUT2D eigenvalue weighted by Crippen LogP contribution is -2.30. The zero-order valence-corrected chi connectivity index (χ0v) is 20.2. The zero-order valence-electron chi connectivity index (χ0n) is 20.2. The van der Waals surface area contributed by atoms with E-state index in [1.54, 1.807) is 16.8 Å². The molecule has 10 nitrogen and oxygen atoms in total.